The lowest BCUT2D eigenvalue weighted by Gasteiger charge is -2.35. The molecule has 0 bridgehead atoms. The number of hydrogen-bond acceptors (Lipinski definition) is 4. The highest BCUT2D eigenvalue weighted by Crippen LogP contribution is 2.29. The lowest BCUT2D eigenvalue weighted by atomic mass is 9.93. The van der Waals surface area contributed by atoms with Crippen LogP contribution in [0.25, 0.3) is 0 Å². The second-order valence-corrected chi connectivity index (χ2v) is 8.46. The Hall–Kier alpha value is -2.47. The molecule has 5 nitrogen and oxygen atoms in total. The van der Waals surface area contributed by atoms with Gasteiger partial charge < -0.3 is 15.1 Å². The molecule has 0 aliphatic carbocycles. The smallest absolute Gasteiger partial charge is 0.255 e. The van der Waals surface area contributed by atoms with Gasteiger partial charge in [-0.1, -0.05) is 12.5 Å². The Balaban J connectivity index is 1.33. The van der Waals surface area contributed by atoms with E-state index >= 15 is 0 Å². The zero-order chi connectivity index (χ0) is 20.8. The van der Waals surface area contributed by atoms with E-state index in [0.29, 0.717) is 11.3 Å². The minimum atomic E-state index is -0.416. The van der Waals surface area contributed by atoms with Gasteiger partial charge in [0.25, 0.3) is 5.91 Å². The SMILES string of the molecule is O=C(Nc1cccnc1N1CCC(CCN2CCCCC2)CC1)c1cccc(F)c1. The monoisotopic (exact) mass is 410 g/mol. The van der Waals surface area contributed by atoms with Crippen molar-refractivity contribution in [2.45, 2.75) is 38.5 Å². The largest absolute Gasteiger partial charge is 0.355 e. The molecule has 0 unspecified atom stereocenters. The molecular weight excluding hydrogens is 379 g/mol. The van der Waals surface area contributed by atoms with E-state index in [2.05, 4.69) is 20.1 Å². The first-order valence-corrected chi connectivity index (χ1v) is 11.2. The molecule has 2 aromatic rings. The van der Waals surface area contributed by atoms with E-state index in [4.69, 9.17) is 0 Å². The first-order valence-electron chi connectivity index (χ1n) is 11.2. The number of nitrogens with one attached hydrogen (secondary N) is 1. The molecule has 2 aliphatic rings. The van der Waals surface area contributed by atoms with Crippen LogP contribution in [0.5, 0.6) is 0 Å². The van der Waals surface area contributed by atoms with Crippen molar-refractivity contribution >= 4 is 17.4 Å². The van der Waals surface area contributed by atoms with Crippen LogP contribution in [0.1, 0.15) is 48.9 Å². The maximum Gasteiger partial charge on any atom is 0.255 e. The Kier molecular flexibility index (Phi) is 6.95. The number of benzene rings is 1. The van der Waals surface area contributed by atoms with Crippen molar-refractivity contribution in [2.75, 3.05) is 42.9 Å². The summed E-state index contributed by atoms with van der Waals surface area (Å²) in [6.07, 6.45) is 9.43. The molecule has 0 radical (unpaired) electrons. The average molecular weight is 411 g/mol. The Morgan fingerprint density at radius 1 is 1.07 bits per heavy atom. The molecule has 0 saturated carbocycles. The minimum Gasteiger partial charge on any atom is -0.355 e. The van der Waals surface area contributed by atoms with Gasteiger partial charge in [-0.3, -0.25) is 4.79 Å². The predicted molar refractivity (Wildman–Crippen MR) is 118 cm³/mol. The van der Waals surface area contributed by atoms with Crippen LogP contribution in [0.15, 0.2) is 42.6 Å². The van der Waals surface area contributed by atoms with Crippen LogP contribution < -0.4 is 10.2 Å². The molecule has 0 spiro atoms. The molecule has 3 heterocycles. The van der Waals surface area contributed by atoms with Crippen molar-refractivity contribution in [2.24, 2.45) is 5.92 Å². The third kappa shape index (κ3) is 5.36. The molecule has 6 heteroatoms. The van der Waals surface area contributed by atoms with Crippen LogP contribution in [-0.4, -0.2) is 48.5 Å². The first kappa shape index (κ1) is 20.8. The highest BCUT2D eigenvalue weighted by molar-refractivity contribution is 6.05. The highest BCUT2D eigenvalue weighted by Gasteiger charge is 2.23. The molecule has 2 saturated heterocycles. The third-order valence-electron chi connectivity index (χ3n) is 6.34. The molecule has 0 atom stereocenters. The molecule has 4 rings (SSSR count). The van der Waals surface area contributed by atoms with E-state index in [1.165, 1.54) is 57.5 Å². The van der Waals surface area contributed by atoms with E-state index in [0.717, 1.165) is 37.7 Å². The van der Waals surface area contributed by atoms with Gasteiger partial charge in [0.2, 0.25) is 0 Å². The number of likely N-dealkylation sites (tertiary alicyclic amines) is 1. The summed E-state index contributed by atoms with van der Waals surface area (Å²) in [7, 11) is 0. The molecule has 1 aromatic heterocycles. The number of piperidine rings is 2. The number of nitrogens with zero attached hydrogens (tertiary/aromatic N) is 3. The fraction of sp³-hybridized carbons (Fsp3) is 0.500. The van der Waals surface area contributed by atoms with Crippen molar-refractivity contribution in [3.05, 3.63) is 54.0 Å². The Morgan fingerprint density at radius 2 is 1.87 bits per heavy atom. The molecular formula is C24H31FN4O. The van der Waals surface area contributed by atoms with Gasteiger partial charge in [-0.15, -0.1) is 0 Å². The number of carbonyl (C=O) groups excluding carboxylic acids is 1. The van der Waals surface area contributed by atoms with Gasteiger partial charge in [-0.05, 0) is 88.0 Å². The fourth-order valence-electron chi connectivity index (χ4n) is 4.55. The summed E-state index contributed by atoms with van der Waals surface area (Å²) in [5.41, 5.74) is 0.986. The van der Waals surface area contributed by atoms with Crippen molar-refractivity contribution in [3.8, 4) is 0 Å². The standard InChI is InChI=1S/C24H31FN4O/c25-21-7-4-6-20(18-21)24(30)27-22-8-5-12-26-23(22)29-16-10-19(11-17-29)9-15-28-13-2-1-3-14-28/h4-8,12,18-19H,1-3,9-11,13-17H2,(H,27,30). The number of pyridine rings is 1. The van der Waals surface area contributed by atoms with Crippen molar-refractivity contribution in [3.63, 3.8) is 0 Å². The lowest BCUT2D eigenvalue weighted by Crippen LogP contribution is -2.37. The molecule has 160 valence electrons. The quantitative estimate of drug-likeness (QED) is 0.758. The van der Waals surface area contributed by atoms with Gasteiger partial charge in [-0.25, -0.2) is 9.37 Å². The summed E-state index contributed by atoms with van der Waals surface area (Å²) < 4.78 is 13.5. The molecule has 1 amide bonds. The molecule has 1 aromatic carbocycles. The second kappa shape index (κ2) is 10.0. The van der Waals surface area contributed by atoms with Gasteiger partial charge in [-0.2, -0.15) is 0 Å². The summed E-state index contributed by atoms with van der Waals surface area (Å²) in [6.45, 7) is 5.65. The number of halogens is 1. The number of aromatic nitrogens is 1. The fourth-order valence-corrected chi connectivity index (χ4v) is 4.55. The van der Waals surface area contributed by atoms with Crippen LogP contribution in [-0.2, 0) is 0 Å². The summed E-state index contributed by atoms with van der Waals surface area (Å²) >= 11 is 0. The van der Waals surface area contributed by atoms with E-state index < -0.39 is 5.82 Å². The molecule has 2 fully saturated rings. The lowest BCUT2D eigenvalue weighted by molar-refractivity contribution is 0.102. The predicted octanol–water partition coefficient (Wildman–Crippen LogP) is 4.57. The van der Waals surface area contributed by atoms with Crippen LogP contribution in [0.2, 0.25) is 0 Å². The van der Waals surface area contributed by atoms with Crippen molar-refractivity contribution < 1.29 is 9.18 Å². The number of amides is 1. The second-order valence-electron chi connectivity index (χ2n) is 8.46. The highest BCUT2D eigenvalue weighted by atomic mass is 19.1. The van der Waals surface area contributed by atoms with Gasteiger partial charge in [0.1, 0.15) is 5.82 Å². The average Bonchev–Trinajstić information content (AvgIpc) is 2.79. The zero-order valence-electron chi connectivity index (χ0n) is 17.5. The molecule has 30 heavy (non-hydrogen) atoms. The van der Waals surface area contributed by atoms with E-state index in [9.17, 15) is 9.18 Å². The van der Waals surface area contributed by atoms with Crippen molar-refractivity contribution in [1.29, 1.82) is 0 Å². The van der Waals surface area contributed by atoms with Crippen LogP contribution in [0, 0.1) is 11.7 Å². The molecule has 2 aliphatic heterocycles. The summed E-state index contributed by atoms with van der Waals surface area (Å²) in [6, 6.07) is 9.42. The van der Waals surface area contributed by atoms with Gasteiger partial charge >= 0.3 is 0 Å². The van der Waals surface area contributed by atoms with Crippen LogP contribution in [0.4, 0.5) is 15.9 Å². The van der Waals surface area contributed by atoms with Crippen LogP contribution >= 0.6 is 0 Å². The van der Waals surface area contributed by atoms with Crippen LogP contribution in [0.3, 0.4) is 0 Å². The number of hydrogen-bond donors (Lipinski definition) is 1. The third-order valence-corrected chi connectivity index (χ3v) is 6.34. The minimum absolute atomic E-state index is 0.307. The van der Waals surface area contributed by atoms with Gasteiger partial charge in [0.15, 0.2) is 5.82 Å². The number of carbonyl (C=O) groups is 1. The summed E-state index contributed by atoms with van der Waals surface area (Å²) in [4.78, 5) is 22.0. The topological polar surface area (TPSA) is 48.5 Å². The normalized spacial score (nSPS) is 18.4. The first-order chi connectivity index (χ1) is 14.7. The maximum atomic E-state index is 13.5. The van der Waals surface area contributed by atoms with Crippen molar-refractivity contribution in [1.82, 2.24) is 9.88 Å². The van der Waals surface area contributed by atoms with Gasteiger partial charge in [0.05, 0.1) is 5.69 Å². The zero-order valence-corrected chi connectivity index (χ0v) is 17.5. The molecule has 1 N–H and O–H groups in total. The summed E-state index contributed by atoms with van der Waals surface area (Å²) in [5.74, 6) is 0.829. The Morgan fingerprint density at radius 3 is 2.63 bits per heavy atom. The van der Waals surface area contributed by atoms with Gasteiger partial charge in [0, 0.05) is 24.8 Å². The Bertz CT molecular complexity index is 845. The summed E-state index contributed by atoms with van der Waals surface area (Å²) in [5, 5.41) is 2.91. The van der Waals surface area contributed by atoms with E-state index in [1.54, 1.807) is 18.3 Å². The van der Waals surface area contributed by atoms with E-state index in [-0.39, 0.29) is 5.91 Å². The number of anilines is 2. The Labute approximate surface area is 178 Å². The maximum absolute atomic E-state index is 13.5. The van der Waals surface area contributed by atoms with E-state index in [1.807, 2.05) is 12.1 Å². The number of rotatable bonds is 6.